The van der Waals surface area contributed by atoms with Gasteiger partial charge >= 0.3 is 0 Å². The molecule has 0 saturated carbocycles. The van der Waals surface area contributed by atoms with E-state index in [1.54, 1.807) is 0 Å². The highest BCUT2D eigenvalue weighted by Gasteiger charge is 2.46. The van der Waals surface area contributed by atoms with E-state index in [9.17, 15) is 9.90 Å². The van der Waals surface area contributed by atoms with E-state index in [1.807, 2.05) is 66.7 Å². The summed E-state index contributed by atoms with van der Waals surface area (Å²) >= 11 is 0. The molecule has 0 aromatic heterocycles. The zero-order valence-corrected chi connectivity index (χ0v) is 20.6. The maximum absolute atomic E-state index is 14.3. The highest BCUT2D eigenvalue weighted by Crippen LogP contribution is 2.39. The van der Waals surface area contributed by atoms with Crippen LogP contribution in [0.2, 0.25) is 0 Å². The van der Waals surface area contributed by atoms with E-state index in [0.29, 0.717) is 6.04 Å². The van der Waals surface area contributed by atoms with Crippen LogP contribution in [0.3, 0.4) is 0 Å². The molecule has 0 aliphatic carbocycles. The van der Waals surface area contributed by atoms with Crippen molar-refractivity contribution in [1.29, 1.82) is 0 Å². The molecule has 4 heteroatoms. The van der Waals surface area contributed by atoms with E-state index in [4.69, 9.17) is 0 Å². The summed E-state index contributed by atoms with van der Waals surface area (Å²) in [7, 11) is 0. The molecule has 0 radical (unpaired) electrons. The van der Waals surface area contributed by atoms with E-state index in [0.717, 1.165) is 68.6 Å². The van der Waals surface area contributed by atoms with E-state index in [2.05, 4.69) is 41.0 Å². The molecule has 0 bridgehead atoms. The van der Waals surface area contributed by atoms with Gasteiger partial charge < -0.3 is 10.0 Å². The molecule has 3 aromatic rings. The number of nitrogens with zero attached hydrogens (tertiary/aromatic N) is 2. The first kappa shape index (κ1) is 23.8. The fourth-order valence-electron chi connectivity index (χ4n) is 6.21. The molecule has 4 nitrogen and oxygen atoms in total. The smallest absolute Gasteiger partial charge is 0.237 e. The van der Waals surface area contributed by atoms with Gasteiger partial charge in [-0.25, -0.2) is 0 Å². The maximum Gasteiger partial charge on any atom is 0.237 e. The molecular formula is C31H36N2O2. The van der Waals surface area contributed by atoms with Crippen molar-refractivity contribution < 1.29 is 9.90 Å². The van der Waals surface area contributed by atoms with Gasteiger partial charge in [-0.05, 0) is 42.4 Å². The number of carbonyl (C=O) groups excluding carboxylic acids is 1. The normalized spacial score (nSPS) is 20.6. The highest BCUT2D eigenvalue weighted by atomic mass is 16.3. The van der Waals surface area contributed by atoms with Gasteiger partial charge in [-0.3, -0.25) is 9.69 Å². The topological polar surface area (TPSA) is 43.8 Å². The number of likely N-dealkylation sites (tertiary alicyclic amines) is 2. The molecule has 2 fully saturated rings. The molecule has 0 spiro atoms. The van der Waals surface area contributed by atoms with Crippen LogP contribution in [-0.2, 0) is 15.8 Å². The van der Waals surface area contributed by atoms with Crippen molar-refractivity contribution in [3.63, 3.8) is 0 Å². The average Bonchev–Trinajstić information content (AvgIpc) is 3.42. The third-order valence-corrected chi connectivity index (χ3v) is 8.33. The van der Waals surface area contributed by atoms with Gasteiger partial charge in [0.05, 0.1) is 11.0 Å². The van der Waals surface area contributed by atoms with Crippen molar-refractivity contribution in [2.75, 3.05) is 26.2 Å². The first-order valence-electron chi connectivity index (χ1n) is 13.0. The largest absolute Gasteiger partial charge is 0.385 e. The van der Waals surface area contributed by atoms with Crippen molar-refractivity contribution in [2.45, 2.75) is 49.7 Å². The average molecular weight is 469 g/mol. The second kappa shape index (κ2) is 9.96. The van der Waals surface area contributed by atoms with Gasteiger partial charge in [0.1, 0.15) is 0 Å². The number of rotatable bonds is 6. The number of hydrogen-bond acceptors (Lipinski definition) is 3. The minimum Gasteiger partial charge on any atom is -0.385 e. The number of aliphatic hydroxyl groups is 1. The molecule has 2 heterocycles. The predicted molar refractivity (Wildman–Crippen MR) is 140 cm³/mol. The Morgan fingerprint density at radius 3 is 1.89 bits per heavy atom. The Balaban J connectivity index is 1.33. The molecule has 1 amide bonds. The lowest BCUT2D eigenvalue weighted by Gasteiger charge is -2.41. The van der Waals surface area contributed by atoms with E-state index in [1.165, 1.54) is 0 Å². The molecule has 2 saturated heterocycles. The standard InChI is InChI=1S/C31H36N2O2/c1-2-31(26-14-8-4-9-15-26,27-16-10-5-11-17-27)29(34)33-21-18-28(24-33)32-22-19-30(35,20-23-32)25-12-6-3-7-13-25/h3-17,28,35H,2,18-24H2,1H3. The minimum atomic E-state index is -0.746. The van der Waals surface area contributed by atoms with Crippen LogP contribution in [0, 0.1) is 0 Å². The monoisotopic (exact) mass is 468 g/mol. The Labute approximate surface area is 209 Å². The Kier molecular flexibility index (Phi) is 6.77. The Morgan fingerprint density at radius 2 is 1.37 bits per heavy atom. The summed E-state index contributed by atoms with van der Waals surface area (Å²) in [6.45, 7) is 5.37. The van der Waals surface area contributed by atoms with Crippen LogP contribution in [0.5, 0.6) is 0 Å². The van der Waals surface area contributed by atoms with Crippen molar-refractivity contribution >= 4 is 5.91 Å². The summed E-state index contributed by atoms with van der Waals surface area (Å²) in [4.78, 5) is 18.9. The summed E-state index contributed by atoms with van der Waals surface area (Å²) in [5.41, 5.74) is 1.72. The van der Waals surface area contributed by atoms with Gasteiger partial charge in [0, 0.05) is 32.2 Å². The lowest BCUT2D eigenvalue weighted by atomic mass is 9.71. The van der Waals surface area contributed by atoms with Crippen molar-refractivity contribution in [3.8, 4) is 0 Å². The van der Waals surface area contributed by atoms with E-state index >= 15 is 0 Å². The van der Waals surface area contributed by atoms with Crippen molar-refractivity contribution in [3.05, 3.63) is 108 Å². The fraction of sp³-hybridized carbons (Fsp3) is 0.387. The Morgan fingerprint density at radius 1 is 0.857 bits per heavy atom. The SMILES string of the molecule is CCC(C(=O)N1CCC(N2CCC(O)(c3ccccc3)CC2)C1)(c1ccccc1)c1ccccc1. The molecule has 1 atom stereocenters. The third kappa shape index (κ3) is 4.41. The van der Waals surface area contributed by atoms with Gasteiger partial charge in [0.25, 0.3) is 0 Å². The van der Waals surface area contributed by atoms with Gasteiger partial charge in [0.15, 0.2) is 0 Å². The first-order chi connectivity index (χ1) is 17.1. The van der Waals surface area contributed by atoms with Gasteiger partial charge in [0.2, 0.25) is 5.91 Å². The second-order valence-corrected chi connectivity index (χ2v) is 10.1. The minimum absolute atomic E-state index is 0.206. The maximum atomic E-state index is 14.3. The van der Waals surface area contributed by atoms with Crippen LogP contribution < -0.4 is 0 Å². The van der Waals surface area contributed by atoms with Crippen LogP contribution in [0.1, 0.15) is 49.3 Å². The summed E-state index contributed by atoms with van der Waals surface area (Å²) < 4.78 is 0. The van der Waals surface area contributed by atoms with Crippen LogP contribution >= 0.6 is 0 Å². The van der Waals surface area contributed by atoms with E-state index < -0.39 is 11.0 Å². The van der Waals surface area contributed by atoms with Gasteiger partial charge in [-0.2, -0.15) is 0 Å². The number of benzene rings is 3. The Bertz CT molecular complexity index is 1070. The van der Waals surface area contributed by atoms with Crippen LogP contribution in [-0.4, -0.2) is 53.0 Å². The van der Waals surface area contributed by atoms with E-state index in [-0.39, 0.29) is 5.91 Å². The predicted octanol–water partition coefficient (Wildman–Crippen LogP) is 4.97. The van der Waals surface area contributed by atoms with Crippen LogP contribution in [0.4, 0.5) is 0 Å². The number of piperidine rings is 1. The fourth-order valence-corrected chi connectivity index (χ4v) is 6.21. The summed E-state index contributed by atoms with van der Waals surface area (Å²) in [6.07, 6.45) is 3.16. The summed E-state index contributed by atoms with van der Waals surface area (Å²) in [6, 6.07) is 30.9. The van der Waals surface area contributed by atoms with Crippen molar-refractivity contribution in [2.24, 2.45) is 0 Å². The quantitative estimate of drug-likeness (QED) is 0.556. The zero-order chi connectivity index (χ0) is 24.3. The van der Waals surface area contributed by atoms with Crippen LogP contribution in [0.25, 0.3) is 0 Å². The molecule has 2 aliphatic rings. The molecule has 3 aromatic carbocycles. The highest BCUT2D eigenvalue weighted by molar-refractivity contribution is 5.92. The lowest BCUT2D eigenvalue weighted by molar-refractivity contribution is -0.135. The molecule has 2 aliphatic heterocycles. The summed E-state index contributed by atoms with van der Waals surface area (Å²) in [5, 5.41) is 11.2. The second-order valence-electron chi connectivity index (χ2n) is 10.1. The third-order valence-electron chi connectivity index (χ3n) is 8.33. The number of amides is 1. The Hall–Kier alpha value is -2.95. The molecular weight excluding hydrogens is 432 g/mol. The molecule has 5 rings (SSSR count). The first-order valence-corrected chi connectivity index (χ1v) is 13.0. The van der Waals surface area contributed by atoms with Gasteiger partial charge in [-0.15, -0.1) is 0 Å². The molecule has 1 unspecified atom stereocenters. The number of carbonyl (C=O) groups is 1. The summed E-state index contributed by atoms with van der Waals surface area (Å²) in [5.74, 6) is 0.206. The number of hydrogen-bond donors (Lipinski definition) is 1. The molecule has 182 valence electrons. The molecule has 1 N–H and O–H groups in total. The van der Waals surface area contributed by atoms with Gasteiger partial charge in [-0.1, -0.05) is 97.9 Å². The molecule has 35 heavy (non-hydrogen) atoms. The van der Waals surface area contributed by atoms with Crippen molar-refractivity contribution in [1.82, 2.24) is 9.80 Å². The van der Waals surface area contributed by atoms with Crippen LogP contribution in [0.15, 0.2) is 91.0 Å². The zero-order valence-electron chi connectivity index (χ0n) is 20.6. The lowest BCUT2D eigenvalue weighted by Crippen LogP contribution is -2.50.